The van der Waals surface area contributed by atoms with Gasteiger partial charge >= 0.3 is 0 Å². The van der Waals surface area contributed by atoms with Crippen molar-refractivity contribution < 1.29 is 8.42 Å². The van der Waals surface area contributed by atoms with Crippen LogP contribution in [0, 0.1) is 0 Å². The first-order valence-corrected chi connectivity index (χ1v) is 8.83. The second-order valence-electron chi connectivity index (χ2n) is 3.50. The fourth-order valence-electron chi connectivity index (χ4n) is 1.25. The summed E-state index contributed by atoms with van der Waals surface area (Å²) in [7, 11) is -3.65. The minimum absolute atomic E-state index is 0.0162. The van der Waals surface area contributed by atoms with E-state index in [2.05, 4.69) is 25.6 Å². The highest BCUT2D eigenvalue weighted by atomic mass is 79.9. The van der Waals surface area contributed by atoms with E-state index in [-0.39, 0.29) is 21.6 Å². The summed E-state index contributed by atoms with van der Waals surface area (Å²) < 4.78 is 27.4. The van der Waals surface area contributed by atoms with Crippen LogP contribution in [0.25, 0.3) is 0 Å². The molecule has 0 saturated carbocycles. The van der Waals surface area contributed by atoms with Gasteiger partial charge in [0.15, 0.2) is 0 Å². The summed E-state index contributed by atoms with van der Waals surface area (Å²) in [5.74, 6) is 0. The standard InChI is InChI=1S/C10H7BrCl2N2O2S2/c11-6-1-7(18-5-6)3-15-19(16,17)8-2-9(12)10(13)14-4-8/h1-2,4-5,15H,3H2. The smallest absolute Gasteiger partial charge is 0.242 e. The lowest BCUT2D eigenvalue weighted by molar-refractivity contribution is 0.581. The number of halogens is 3. The lowest BCUT2D eigenvalue weighted by Gasteiger charge is -2.06. The lowest BCUT2D eigenvalue weighted by Crippen LogP contribution is -2.23. The van der Waals surface area contributed by atoms with Gasteiger partial charge in [0.05, 0.1) is 5.02 Å². The molecule has 0 aromatic carbocycles. The number of sulfonamides is 1. The number of rotatable bonds is 4. The summed E-state index contributed by atoms with van der Waals surface area (Å²) in [5.41, 5.74) is 0. The van der Waals surface area contributed by atoms with Gasteiger partial charge in [0, 0.05) is 27.5 Å². The topological polar surface area (TPSA) is 59.1 Å². The number of pyridine rings is 1. The van der Waals surface area contributed by atoms with E-state index in [0.717, 1.165) is 9.35 Å². The van der Waals surface area contributed by atoms with E-state index in [4.69, 9.17) is 23.2 Å². The molecule has 0 spiro atoms. The number of hydrogen-bond donors (Lipinski definition) is 1. The molecule has 0 radical (unpaired) electrons. The van der Waals surface area contributed by atoms with Gasteiger partial charge in [-0.1, -0.05) is 23.2 Å². The molecular formula is C10H7BrCl2N2O2S2. The van der Waals surface area contributed by atoms with Crippen molar-refractivity contribution in [1.82, 2.24) is 9.71 Å². The van der Waals surface area contributed by atoms with Crippen LogP contribution in [-0.4, -0.2) is 13.4 Å². The maximum absolute atomic E-state index is 12.0. The Balaban J connectivity index is 2.16. The van der Waals surface area contributed by atoms with Gasteiger partial charge in [0.1, 0.15) is 10.0 Å². The predicted molar refractivity (Wildman–Crippen MR) is 80.3 cm³/mol. The average molecular weight is 402 g/mol. The molecule has 2 aromatic rings. The number of nitrogens with zero attached hydrogens (tertiary/aromatic N) is 1. The Kier molecular flexibility index (Phi) is 4.86. The minimum atomic E-state index is -3.65. The quantitative estimate of drug-likeness (QED) is 0.794. The zero-order chi connectivity index (χ0) is 14.0. The maximum atomic E-state index is 12.0. The van der Waals surface area contributed by atoms with Gasteiger partial charge < -0.3 is 0 Å². The van der Waals surface area contributed by atoms with Gasteiger partial charge in [-0.2, -0.15) is 0 Å². The van der Waals surface area contributed by atoms with E-state index in [1.54, 1.807) is 0 Å². The van der Waals surface area contributed by atoms with Crippen LogP contribution in [0.1, 0.15) is 4.88 Å². The Labute approximate surface area is 132 Å². The maximum Gasteiger partial charge on any atom is 0.242 e. The summed E-state index contributed by atoms with van der Waals surface area (Å²) in [6.07, 6.45) is 1.17. The second kappa shape index (κ2) is 6.07. The zero-order valence-electron chi connectivity index (χ0n) is 9.23. The highest BCUT2D eigenvalue weighted by molar-refractivity contribution is 9.10. The first kappa shape index (κ1) is 15.2. The van der Waals surface area contributed by atoms with Crippen LogP contribution < -0.4 is 4.72 Å². The van der Waals surface area contributed by atoms with Crippen molar-refractivity contribution in [2.45, 2.75) is 11.4 Å². The Morgan fingerprint density at radius 3 is 2.68 bits per heavy atom. The SMILES string of the molecule is O=S(=O)(NCc1cc(Br)cs1)c1cnc(Cl)c(Cl)c1. The Morgan fingerprint density at radius 1 is 1.37 bits per heavy atom. The highest BCUT2D eigenvalue weighted by Gasteiger charge is 2.16. The third-order valence-corrected chi connectivity index (χ3v) is 5.89. The molecule has 0 unspecified atom stereocenters. The molecule has 0 aliphatic rings. The molecule has 2 rings (SSSR count). The van der Waals surface area contributed by atoms with Crippen LogP contribution in [0.2, 0.25) is 10.2 Å². The summed E-state index contributed by atoms with van der Waals surface area (Å²) >= 11 is 16.2. The number of nitrogens with one attached hydrogen (secondary N) is 1. The van der Waals surface area contributed by atoms with Crippen molar-refractivity contribution in [2.75, 3.05) is 0 Å². The first-order valence-electron chi connectivity index (χ1n) is 4.92. The molecule has 0 aliphatic heterocycles. The van der Waals surface area contributed by atoms with Gasteiger partial charge in [0.2, 0.25) is 10.0 Å². The van der Waals surface area contributed by atoms with Crippen molar-refractivity contribution in [3.05, 3.63) is 43.2 Å². The van der Waals surface area contributed by atoms with Gasteiger partial charge in [-0.3, -0.25) is 0 Å². The molecule has 1 N–H and O–H groups in total. The molecule has 0 fully saturated rings. The van der Waals surface area contributed by atoms with E-state index in [0.29, 0.717) is 0 Å². The number of aromatic nitrogens is 1. The fourth-order valence-corrected chi connectivity index (χ4v) is 4.04. The summed E-state index contributed by atoms with van der Waals surface area (Å²) in [6, 6.07) is 3.11. The fraction of sp³-hybridized carbons (Fsp3) is 0.100. The van der Waals surface area contributed by atoms with Crippen molar-refractivity contribution in [1.29, 1.82) is 0 Å². The van der Waals surface area contributed by atoms with Crippen molar-refractivity contribution in [3.8, 4) is 0 Å². The third-order valence-electron chi connectivity index (χ3n) is 2.14. The summed E-state index contributed by atoms with van der Waals surface area (Å²) in [5, 5.41) is 2.05. The number of thiophene rings is 1. The Hall–Kier alpha value is -0.180. The summed E-state index contributed by atoms with van der Waals surface area (Å²) in [4.78, 5) is 4.59. The first-order chi connectivity index (χ1) is 8.88. The highest BCUT2D eigenvalue weighted by Crippen LogP contribution is 2.23. The van der Waals surface area contributed by atoms with Gasteiger partial charge in [0.25, 0.3) is 0 Å². The van der Waals surface area contributed by atoms with Crippen molar-refractivity contribution in [3.63, 3.8) is 0 Å². The molecule has 19 heavy (non-hydrogen) atoms. The molecule has 0 aliphatic carbocycles. The molecule has 2 heterocycles. The van der Waals surface area contributed by atoms with Gasteiger partial charge in [-0.05, 0) is 28.1 Å². The molecule has 0 saturated heterocycles. The minimum Gasteiger partial charge on any atom is -0.242 e. The van der Waals surface area contributed by atoms with Crippen LogP contribution in [0.15, 0.2) is 33.1 Å². The normalized spacial score (nSPS) is 11.7. The summed E-state index contributed by atoms with van der Waals surface area (Å²) in [6.45, 7) is 0.207. The van der Waals surface area contributed by atoms with Crippen LogP contribution >= 0.6 is 50.5 Å². The van der Waals surface area contributed by atoms with Crippen LogP contribution in [0.3, 0.4) is 0 Å². The lowest BCUT2D eigenvalue weighted by atomic mass is 10.5. The monoisotopic (exact) mass is 400 g/mol. The molecule has 0 atom stereocenters. The van der Waals surface area contributed by atoms with Crippen molar-refractivity contribution in [2.24, 2.45) is 0 Å². The number of hydrogen-bond acceptors (Lipinski definition) is 4. The molecule has 2 aromatic heterocycles. The average Bonchev–Trinajstić information content (AvgIpc) is 2.76. The van der Waals surface area contributed by atoms with Gasteiger partial charge in [-0.25, -0.2) is 18.1 Å². The van der Waals surface area contributed by atoms with E-state index in [1.807, 2.05) is 11.4 Å². The molecule has 4 nitrogen and oxygen atoms in total. The Bertz CT molecular complexity index is 703. The third kappa shape index (κ3) is 3.90. The van der Waals surface area contributed by atoms with E-state index in [1.165, 1.54) is 23.6 Å². The Morgan fingerprint density at radius 2 is 2.11 bits per heavy atom. The van der Waals surface area contributed by atoms with E-state index < -0.39 is 10.0 Å². The molecule has 9 heteroatoms. The zero-order valence-corrected chi connectivity index (χ0v) is 14.0. The van der Waals surface area contributed by atoms with E-state index >= 15 is 0 Å². The largest absolute Gasteiger partial charge is 0.242 e. The molecule has 0 amide bonds. The molecule has 0 bridgehead atoms. The van der Waals surface area contributed by atoms with E-state index in [9.17, 15) is 8.42 Å². The predicted octanol–water partition coefficient (Wildman–Crippen LogP) is 3.69. The second-order valence-corrected chi connectivity index (χ2v) is 7.94. The molecule has 102 valence electrons. The van der Waals surface area contributed by atoms with Crippen LogP contribution in [0.5, 0.6) is 0 Å². The van der Waals surface area contributed by atoms with Crippen LogP contribution in [0.4, 0.5) is 0 Å². The van der Waals surface area contributed by atoms with Crippen LogP contribution in [-0.2, 0) is 16.6 Å². The van der Waals surface area contributed by atoms with Gasteiger partial charge in [-0.15, -0.1) is 11.3 Å². The van der Waals surface area contributed by atoms with Crippen molar-refractivity contribution >= 4 is 60.5 Å². The molecular weight excluding hydrogens is 395 g/mol.